The summed E-state index contributed by atoms with van der Waals surface area (Å²) in [6.07, 6.45) is -0.389. The number of aliphatic hydroxyl groups excluding tert-OH is 1. The third-order valence-corrected chi connectivity index (χ3v) is 7.83. The van der Waals surface area contributed by atoms with E-state index < -0.39 is 34.9 Å². The van der Waals surface area contributed by atoms with Crippen LogP contribution in [0.25, 0.3) is 0 Å². The number of ether oxygens (including phenoxy) is 3. The number of aliphatic imine (C=N–C) groups is 1. The number of para-hydroxylation sites is 1. The van der Waals surface area contributed by atoms with Gasteiger partial charge in [-0.15, -0.1) is 0 Å². The maximum absolute atomic E-state index is 13.6. The fourth-order valence-electron chi connectivity index (χ4n) is 5.94. The zero-order chi connectivity index (χ0) is 29.0. The second-order valence-corrected chi connectivity index (χ2v) is 12.3. The van der Waals surface area contributed by atoms with Crippen LogP contribution in [0.5, 0.6) is 11.5 Å². The summed E-state index contributed by atoms with van der Waals surface area (Å²) in [5.41, 5.74) is 5.83. The lowest BCUT2D eigenvalue weighted by Crippen LogP contribution is -2.55. The maximum Gasteiger partial charge on any atom is 0.251 e. The van der Waals surface area contributed by atoms with Crippen LogP contribution in [0.1, 0.15) is 81.0 Å². The van der Waals surface area contributed by atoms with Gasteiger partial charge in [0.25, 0.3) is 5.91 Å². The van der Waals surface area contributed by atoms with Crippen LogP contribution in [-0.2, 0) is 9.53 Å². The summed E-state index contributed by atoms with van der Waals surface area (Å²) in [5.74, 6) is 0.763. The minimum Gasteiger partial charge on any atom is -0.485 e. The van der Waals surface area contributed by atoms with E-state index in [1.165, 1.54) is 4.90 Å². The average Bonchev–Trinajstić information content (AvgIpc) is 2.85. The number of amides is 2. The molecule has 0 aliphatic carbocycles. The number of hydrogen-bond acceptors (Lipinski definition) is 8. The number of nitrogens with one attached hydrogen (secondary N) is 1. The van der Waals surface area contributed by atoms with Crippen molar-refractivity contribution >= 4 is 17.8 Å². The predicted molar refractivity (Wildman–Crippen MR) is 149 cm³/mol. The Labute approximate surface area is 234 Å². The van der Waals surface area contributed by atoms with Crippen LogP contribution in [0.2, 0.25) is 0 Å². The van der Waals surface area contributed by atoms with Crippen LogP contribution >= 0.6 is 0 Å². The third kappa shape index (κ3) is 5.01. The summed E-state index contributed by atoms with van der Waals surface area (Å²) in [6, 6.07) is 11.3. The Bertz CT molecular complexity index is 1370. The second-order valence-electron chi connectivity index (χ2n) is 12.3. The smallest absolute Gasteiger partial charge is 0.251 e. The van der Waals surface area contributed by atoms with Crippen molar-refractivity contribution in [1.82, 2.24) is 10.2 Å². The number of guanidine groups is 1. The average molecular weight is 551 g/mol. The van der Waals surface area contributed by atoms with Crippen LogP contribution in [-0.4, -0.2) is 64.3 Å². The molecule has 2 unspecified atom stereocenters. The number of methoxy groups -OCH3 is 1. The summed E-state index contributed by atoms with van der Waals surface area (Å²) < 4.78 is 17.8. The van der Waals surface area contributed by atoms with Gasteiger partial charge in [-0.25, -0.2) is 4.99 Å². The van der Waals surface area contributed by atoms with Gasteiger partial charge in [-0.3, -0.25) is 14.5 Å². The van der Waals surface area contributed by atoms with Gasteiger partial charge in [-0.2, -0.15) is 0 Å². The van der Waals surface area contributed by atoms with Crippen LogP contribution in [0.3, 0.4) is 0 Å². The molecule has 3 heterocycles. The number of rotatable bonds is 5. The largest absolute Gasteiger partial charge is 0.485 e. The first-order valence-electron chi connectivity index (χ1n) is 13.5. The molecule has 10 heteroatoms. The maximum atomic E-state index is 13.6. The molecular weight excluding hydrogens is 512 g/mol. The lowest BCUT2D eigenvalue weighted by molar-refractivity contribution is -0.133. The highest BCUT2D eigenvalue weighted by atomic mass is 16.5. The summed E-state index contributed by atoms with van der Waals surface area (Å²) in [6.45, 7) is 9.53. The molecule has 214 valence electrons. The number of hydrogen-bond donors (Lipinski definition) is 3. The number of carbonyl (C=O) groups excluding carboxylic acids is 2. The van der Waals surface area contributed by atoms with Gasteiger partial charge in [-0.1, -0.05) is 18.2 Å². The van der Waals surface area contributed by atoms with Gasteiger partial charge in [0, 0.05) is 30.2 Å². The van der Waals surface area contributed by atoms with Gasteiger partial charge in [0.1, 0.15) is 28.8 Å². The van der Waals surface area contributed by atoms with Crippen LogP contribution < -0.4 is 20.5 Å². The van der Waals surface area contributed by atoms with Crippen LogP contribution in [0, 0.1) is 0 Å². The van der Waals surface area contributed by atoms with Crippen LogP contribution in [0.4, 0.5) is 0 Å². The number of nitrogens with zero attached hydrogens (tertiary/aromatic N) is 2. The van der Waals surface area contributed by atoms with Crippen LogP contribution in [0.15, 0.2) is 47.5 Å². The van der Waals surface area contributed by atoms with Gasteiger partial charge >= 0.3 is 0 Å². The van der Waals surface area contributed by atoms with E-state index in [1.807, 2.05) is 45.0 Å². The number of benzene rings is 2. The molecule has 4 atom stereocenters. The molecule has 3 aliphatic rings. The van der Waals surface area contributed by atoms with Gasteiger partial charge in [0.05, 0.1) is 30.7 Å². The van der Waals surface area contributed by atoms with E-state index in [9.17, 15) is 14.7 Å². The normalized spacial score (nSPS) is 28.4. The van der Waals surface area contributed by atoms with E-state index >= 15 is 0 Å². The number of nitrogens with two attached hydrogens (primary N) is 1. The quantitative estimate of drug-likeness (QED) is 0.520. The van der Waals surface area contributed by atoms with E-state index in [2.05, 4.69) is 10.3 Å². The molecule has 0 radical (unpaired) electrons. The Morgan fingerprint density at radius 3 is 2.52 bits per heavy atom. The van der Waals surface area contributed by atoms with E-state index in [-0.39, 0.29) is 24.2 Å². The third-order valence-electron chi connectivity index (χ3n) is 7.83. The SMILES string of the molecule is COCC1(C)CC(N2C(=O)CC(C)(C)N=C2N)c2cc(C(=O)N[C@@H]3c4ccccc4OC(C)(C)[C@H]3O)ccc2O1. The first-order valence-corrected chi connectivity index (χ1v) is 13.5. The number of aliphatic hydroxyl groups is 1. The van der Waals surface area contributed by atoms with E-state index in [1.54, 1.807) is 39.2 Å². The van der Waals surface area contributed by atoms with Gasteiger partial charge in [0.2, 0.25) is 5.91 Å². The monoisotopic (exact) mass is 550 g/mol. The standard InChI is InChI=1S/C30H38N4O6/c1-28(2)15-23(35)34(27(31)33-28)20-14-30(5,16-38-6)40-22-12-11-17(13-19(20)22)26(37)32-24-18-9-7-8-10-21(18)39-29(3,4)25(24)36/h7-13,20,24-25,36H,14-16H2,1-6H3,(H2,31,33)(H,32,37)/t20?,24-,25+,30?/m1/s1. The molecule has 0 saturated carbocycles. The Kier molecular flexibility index (Phi) is 6.82. The van der Waals surface area contributed by atoms with Crippen molar-refractivity contribution in [2.45, 2.75) is 82.4 Å². The molecule has 0 fully saturated rings. The molecule has 4 N–H and O–H groups in total. The molecule has 0 bridgehead atoms. The molecule has 0 saturated heterocycles. The number of carbonyl (C=O) groups is 2. The van der Waals surface area contributed by atoms with Gasteiger partial charge in [0.15, 0.2) is 5.96 Å². The summed E-state index contributed by atoms with van der Waals surface area (Å²) in [4.78, 5) is 33.1. The summed E-state index contributed by atoms with van der Waals surface area (Å²) in [5, 5.41) is 14.1. The predicted octanol–water partition coefficient (Wildman–Crippen LogP) is 3.24. The minimum atomic E-state index is -0.986. The lowest BCUT2D eigenvalue weighted by atomic mass is 9.85. The van der Waals surface area contributed by atoms with Gasteiger partial charge < -0.3 is 30.4 Å². The van der Waals surface area contributed by atoms with Crippen molar-refractivity contribution in [1.29, 1.82) is 0 Å². The first kappa shape index (κ1) is 27.9. The van der Waals surface area contributed by atoms with E-state index in [0.29, 0.717) is 41.2 Å². The second kappa shape index (κ2) is 9.78. The van der Waals surface area contributed by atoms with Gasteiger partial charge in [-0.05, 0) is 58.9 Å². The van der Waals surface area contributed by atoms with Crippen molar-refractivity contribution in [2.75, 3.05) is 13.7 Å². The molecule has 0 aromatic heterocycles. The van der Waals surface area contributed by atoms with Crippen molar-refractivity contribution in [3.63, 3.8) is 0 Å². The molecule has 2 amide bonds. The van der Waals surface area contributed by atoms with Crippen molar-refractivity contribution < 1.29 is 28.9 Å². The topological polar surface area (TPSA) is 136 Å². The lowest BCUT2D eigenvalue weighted by Gasteiger charge is -2.45. The fourth-order valence-corrected chi connectivity index (χ4v) is 5.94. The molecular formula is C30H38N4O6. The Balaban J connectivity index is 1.51. The molecule has 40 heavy (non-hydrogen) atoms. The highest BCUT2D eigenvalue weighted by Crippen LogP contribution is 2.45. The summed E-state index contributed by atoms with van der Waals surface area (Å²) >= 11 is 0. The zero-order valence-corrected chi connectivity index (χ0v) is 23.9. The van der Waals surface area contributed by atoms with Crippen molar-refractivity contribution in [2.24, 2.45) is 10.7 Å². The molecule has 3 aliphatic heterocycles. The molecule has 5 rings (SSSR count). The van der Waals surface area contributed by atoms with Crippen molar-refractivity contribution in [3.05, 3.63) is 59.2 Å². The summed E-state index contributed by atoms with van der Waals surface area (Å²) in [7, 11) is 1.60. The minimum absolute atomic E-state index is 0.137. The number of fused-ring (bicyclic) bond motifs is 2. The van der Waals surface area contributed by atoms with E-state index in [0.717, 1.165) is 0 Å². The Hall–Kier alpha value is -3.63. The molecule has 2 aromatic rings. The molecule has 10 nitrogen and oxygen atoms in total. The first-order chi connectivity index (χ1) is 18.7. The molecule has 2 aromatic carbocycles. The Morgan fingerprint density at radius 2 is 1.82 bits per heavy atom. The van der Waals surface area contributed by atoms with Crippen molar-refractivity contribution in [3.8, 4) is 11.5 Å². The van der Waals surface area contributed by atoms with E-state index in [4.69, 9.17) is 19.9 Å². The Morgan fingerprint density at radius 1 is 1.12 bits per heavy atom. The highest BCUT2D eigenvalue weighted by molar-refractivity contribution is 6.00. The zero-order valence-electron chi connectivity index (χ0n) is 23.9. The highest BCUT2D eigenvalue weighted by Gasteiger charge is 2.46. The molecule has 0 spiro atoms. The fraction of sp³-hybridized carbons (Fsp3) is 0.500.